The number of pyridine rings is 1. The van der Waals surface area contributed by atoms with Crippen LogP contribution in [0.25, 0.3) is 11.0 Å². The molecule has 100 valence electrons. The Hall–Kier alpha value is -2.82. The van der Waals surface area contributed by atoms with E-state index in [0.29, 0.717) is 17.1 Å². The molecule has 0 atom stereocenters. The monoisotopic (exact) mass is 267 g/mol. The number of hydrogen-bond donors (Lipinski definition) is 2. The van der Waals surface area contributed by atoms with Crippen molar-refractivity contribution >= 4 is 28.4 Å². The number of nitrogens with one attached hydrogen (secondary N) is 1. The van der Waals surface area contributed by atoms with Crippen LogP contribution in [0.4, 0.5) is 11.5 Å². The van der Waals surface area contributed by atoms with Gasteiger partial charge in [0.25, 0.3) is 5.91 Å². The molecule has 2 aromatic heterocycles. The molecule has 0 aliphatic carbocycles. The first-order chi connectivity index (χ1) is 9.63. The van der Waals surface area contributed by atoms with Crippen molar-refractivity contribution in [3.63, 3.8) is 0 Å². The average Bonchev–Trinajstić information content (AvgIpc) is 2.84. The normalized spacial score (nSPS) is 10.7. The van der Waals surface area contributed by atoms with Crippen LogP contribution in [0.15, 0.2) is 47.0 Å². The Morgan fingerprint density at radius 1 is 1.30 bits per heavy atom. The molecule has 5 nitrogen and oxygen atoms in total. The molecule has 20 heavy (non-hydrogen) atoms. The molecule has 2 heterocycles. The molecule has 0 aliphatic heterocycles. The van der Waals surface area contributed by atoms with E-state index < -0.39 is 0 Å². The van der Waals surface area contributed by atoms with Gasteiger partial charge in [-0.25, -0.2) is 4.98 Å². The predicted octanol–water partition coefficient (Wildman–Crippen LogP) is 2.97. The van der Waals surface area contributed by atoms with Gasteiger partial charge in [-0.3, -0.25) is 4.79 Å². The molecule has 0 saturated heterocycles. The van der Waals surface area contributed by atoms with Gasteiger partial charge in [0, 0.05) is 17.3 Å². The summed E-state index contributed by atoms with van der Waals surface area (Å²) >= 11 is 0. The highest BCUT2D eigenvalue weighted by Crippen LogP contribution is 2.22. The lowest BCUT2D eigenvalue weighted by Crippen LogP contribution is -2.12. The van der Waals surface area contributed by atoms with E-state index in [9.17, 15) is 4.79 Å². The zero-order valence-electron chi connectivity index (χ0n) is 10.9. The number of rotatable bonds is 2. The van der Waals surface area contributed by atoms with Crippen LogP contribution < -0.4 is 11.1 Å². The summed E-state index contributed by atoms with van der Waals surface area (Å²) in [6.07, 6.45) is 1.63. The minimum atomic E-state index is -0.332. The van der Waals surface area contributed by atoms with Crippen LogP contribution in [0.5, 0.6) is 0 Å². The largest absolute Gasteiger partial charge is 0.451 e. The average molecular weight is 267 g/mol. The summed E-state index contributed by atoms with van der Waals surface area (Å²) in [5, 5.41) is 3.53. The maximum Gasteiger partial charge on any atom is 0.292 e. The number of furan rings is 1. The minimum Gasteiger partial charge on any atom is -0.451 e. The van der Waals surface area contributed by atoms with Gasteiger partial charge in [0.1, 0.15) is 11.4 Å². The molecule has 0 fully saturated rings. The van der Waals surface area contributed by atoms with Crippen molar-refractivity contribution in [2.24, 2.45) is 0 Å². The SMILES string of the molecule is Cc1cccnc1NC(=O)c1cc2cc(N)ccc2o1. The van der Waals surface area contributed by atoms with Crippen molar-refractivity contribution in [1.29, 1.82) is 0 Å². The number of nitrogen functional groups attached to an aromatic ring is 1. The standard InChI is InChI=1S/C15H13N3O2/c1-9-3-2-6-17-14(9)18-15(19)13-8-10-7-11(16)4-5-12(10)20-13/h2-8H,16H2,1H3,(H,17,18,19). The fourth-order valence-corrected chi connectivity index (χ4v) is 1.96. The van der Waals surface area contributed by atoms with Crippen molar-refractivity contribution < 1.29 is 9.21 Å². The van der Waals surface area contributed by atoms with Gasteiger partial charge in [-0.2, -0.15) is 0 Å². The fourth-order valence-electron chi connectivity index (χ4n) is 1.96. The number of aryl methyl sites for hydroxylation is 1. The van der Waals surface area contributed by atoms with Gasteiger partial charge >= 0.3 is 0 Å². The van der Waals surface area contributed by atoms with Gasteiger partial charge < -0.3 is 15.5 Å². The number of benzene rings is 1. The Balaban J connectivity index is 1.91. The number of carbonyl (C=O) groups excluding carboxylic acids is 1. The van der Waals surface area contributed by atoms with Crippen molar-refractivity contribution in [2.75, 3.05) is 11.1 Å². The number of fused-ring (bicyclic) bond motifs is 1. The summed E-state index contributed by atoms with van der Waals surface area (Å²) in [5.74, 6) is 0.426. The Labute approximate surface area is 115 Å². The summed E-state index contributed by atoms with van der Waals surface area (Å²) in [5.41, 5.74) is 7.85. The van der Waals surface area contributed by atoms with Crippen LogP contribution in [0.2, 0.25) is 0 Å². The number of nitrogens with zero attached hydrogens (tertiary/aromatic N) is 1. The van der Waals surface area contributed by atoms with Gasteiger partial charge in [-0.1, -0.05) is 6.07 Å². The lowest BCUT2D eigenvalue weighted by Gasteiger charge is -2.04. The highest BCUT2D eigenvalue weighted by Gasteiger charge is 2.13. The quantitative estimate of drug-likeness (QED) is 0.699. The van der Waals surface area contributed by atoms with E-state index in [1.54, 1.807) is 30.5 Å². The molecule has 3 aromatic rings. The zero-order chi connectivity index (χ0) is 14.1. The Bertz CT molecular complexity index is 793. The second-order valence-corrected chi connectivity index (χ2v) is 4.53. The number of carbonyl (C=O) groups is 1. The second kappa shape index (κ2) is 4.70. The van der Waals surface area contributed by atoms with Crippen LogP contribution >= 0.6 is 0 Å². The van der Waals surface area contributed by atoms with Gasteiger partial charge in [0.15, 0.2) is 5.76 Å². The lowest BCUT2D eigenvalue weighted by atomic mass is 10.2. The van der Waals surface area contributed by atoms with Crippen LogP contribution in [0.3, 0.4) is 0 Å². The highest BCUT2D eigenvalue weighted by molar-refractivity contribution is 6.04. The van der Waals surface area contributed by atoms with Gasteiger partial charge in [-0.15, -0.1) is 0 Å². The van der Waals surface area contributed by atoms with Gasteiger partial charge in [-0.05, 0) is 42.8 Å². The second-order valence-electron chi connectivity index (χ2n) is 4.53. The Kier molecular flexibility index (Phi) is 2.87. The molecule has 0 aliphatic rings. The van der Waals surface area contributed by atoms with Crippen molar-refractivity contribution in [2.45, 2.75) is 6.92 Å². The Morgan fingerprint density at radius 3 is 2.95 bits per heavy atom. The number of nitrogens with two attached hydrogens (primary N) is 1. The molecule has 3 N–H and O–H groups in total. The molecule has 3 rings (SSSR count). The molecule has 5 heteroatoms. The first kappa shape index (κ1) is 12.2. The third-order valence-electron chi connectivity index (χ3n) is 3.01. The molecule has 0 bridgehead atoms. The summed E-state index contributed by atoms with van der Waals surface area (Å²) < 4.78 is 5.50. The van der Waals surface area contributed by atoms with Crippen LogP contribution in [-0.4, -0.2) is 10.9 Å². The highest BCUT2D eigenvalue weighted by atomic mass is 16.3. The first-order valence-corrected chi connectivity index (χ1v) is 6.15. The van der Waals surface area contributed by atoms with E-state index >= 15 is 0 Å². The zero-order valence-corrected chi connectivity index (χ0v) is 10.9. The molecule has 0 saturated carbocycles. The van der Waals surface area contributed by atoms with E-state index in [-0.39, 0.29) is 11.7 Å². The van der Waals surface area contributed by atoms with Crippen molar-refractivity contribution in [3.05, 3.63) is 53.9 Å². The molecule has 0 spiro atoms. The maximum absolute atomic E-state index is 12.1. The predicted molar refractivity (Wildman–Crippen MR) is 77.6 cm³/mol. The summed E-state index contributed by atoms with van der Waals surface area (Å²) in [6.45, 7) is 1.88. The lowest BCUT2D eigenvalue weighted by molar-refractivity contribution is 0.0998. The summed E-state index contributed by atoms with van der Waals surface area (Å²) in [4.78, 5) is 16.3. The van der Waals surface area contributed by atoms with Gasteiger partial charge in [0.05, 0.1) is 0 Å². The first-order valence-electron chi connectivity index (χ1n) is 6.15. The third kappa shape index (κ3) is 2.21. The molecular formula is C15H13N3O2. The molecular weight excluding hydrogens is 254 g/mol. The smallest absolute Gasteiger partial charge is 0.292 e. The minimum absolute atomic E-state index is 0.232. The maximum atomic E-state index is 12.1. The van der Waals surface area contributed by atoms with E-state index in [1.165, 1.54) is 0 Å². The summed E-state index contributed by atoms with van der Waals surface area (Å²) in [7, 11) is 0. The Morgan fingerprint density at radius 2 is 2.15 bits per heavy atom. The van der Waals surface area contributed by atoms with Crippen LogP contribution in [-0.2, 0) is 0 Å². The van der Waals surface area contributed by atoms with Crippen LogP contribution in [0.1, 0.15) is 16.1 Å². The van der Waals surface area contributed by atoms with E-state index in [1.807, 2.05) is 19.1 Å². The number of anilines is 2. The molecule has 1 aromatic carbocycles. The van der Waals surface area contributed by atoms with E-state index in [4.69, 9.17) is 10.2 Å². The topological polar surface area (TPSA) is 81.2 Å². The number of amides is 1. The number of aromatic nitrogens is 1. The molecule has 0 radical (unpaired) electrons. The van der Waals surface area contributed by atoms with Gasteiger partial charge in [0.2, 0.25) is 0 Å². The van der Waals surface area contributed by atoms with E-state index in [0.717, 1.165) is 10.9 Å². The van der Waals surface area contributed by atoms with Crippen molar-refractivity contribution in [1.82, 2.24) is 4.98 Å². The third-order valence-corrected chi connectivity index (χ3v) is 3.01. The summed E-state index contributed by atoms with van der Waals surface area (Å²) in [6, 6.07) is 10.6. The van der Waals surface area contributed by atoms with Crippen molar-refractivity contribution in [3.8, 4) is 0 Å². The fraction of sp³-hybridized carbons (Fsp3) is 0.0667. The molecule has 1 amide bonds. The molecule has 0 unspecified atom stereocenters. The number of hydrogen-bond acceptors (Lipinski definition) is 4. The van der Waals surface area contributed by atoms with Crippen LogP contribution in [0, 0.1) is 6.92 Å². The van der Waals surface area contributed by atoms with E-state index in [2.05, 4.69) is 10.3 Å².